The van der Waals surface area contributed by atoms with Crippen LogP contribution in [-0.2, 0) is 0 Å². The van der Waals surface area contributed by atoms with E-state index in [4.69, 9.17) is 5.26 Å². The van der Waals surface area contributed by atoms with Gasteiger partial charge in [0.2, 0.25) is 0 Å². The molecule has 0 spiro atoms. The lowest BCUT2D eigenvalue weighted by atomic mass is 9.82. The van der Waals surface area contributed by atoms with Crippen LogP contribution in [0, 0.1) is 23.2 Å². The van der Waals surface area contributed by atoms with Crippen molar-refractivity contribution in [3.05, 3.63) is 47.9 Å². The second-order valence-corrected chi connectivity index (χ2v) is 9.10. The molecular weight excluding hydrogens is 416 g/mol. The molecule has 0 atom stereocenters. The van der Waals surface area contributed by atoms with E-state index in [1.807, 2.05) is 36.7 Å². The standard InChI is InChI=1S/C25H30N6O2/c1-16(2)30-22-10-23(31-8-7-20-9-19(11-26)13-28-24(20)31)27-14-21(22)25(33)29-12-17-3-5-18(15-32)6-4-17/h7-10,13-14,16-18,32H,3-6,12,15H2,1-2H3,(H,27,30)(H,29,33). The fourth-order valence-corrected chi connectivity index (χ4v) is 4.41. The third-order valence-corrected chi connectivity index (χ3v) is 6.26. The number of aliphatic hydroxyl groups is 1. The summed E-state index contributed by atoms with van der Waals surface area (Å²) in [6, 6.07) is 7.79. The molecule has 0 radical (unpaired) electrons. The summed E-state index contributed by atoms with van der Waals surface area (Å²) in [7, 11) is 0. The van der Waals surface area contributed by atoms with Gasteiger partial charge in [0.1, 0.15) is 17.5 Å². The molecule has 1 aliphatic carbocycles. The average molecular weight is 447 g/mol. The van der Waals surface area contributed by atoms with Gasteiger partial charge >= 0.3 is 0 Å². The fraction of sp³-hybridized carbons (Fsp3) is 0.440. The van der Waals surface area contributed by atoms with Crippen molar-refractivity contribution in [1.82, 2.24) is 19.9 Å². The molecule has 1 saturated carbocycles. The summed E-state index contributed by atoms with van der Waals surface area (Å²) in [5.74, 6) is 1.35. The van der Waals surface area contributed by atoms with E-state index in [1.165, 1.54) is 0 Å². The van der Waals surface area contributed by atoms with Gasteiger partial charge in [-0.15, -0.1) is 0 Å². The number of fused-ring (bicyclic) bond motifs is 1. The van der Waals surface area contributed by atoms with Crippen LogP contribution in [0.2, 0.25) is 0 Å². The van der Waals surface area contributed by atoms with Gasteiger partial charge in [-0.25, -0.2) is 9.97 Å². The van der Waals surface area contributed by atoms with Crippen LogP contribution in [0.3, 0.4) is 0 Å². The van der Waals surface area contributed by atoms with Crippen molar-refractivity contribution in [3.63, 3.8) is 0 Å². The van der Waals surface area contributed by atoms with Crippen LogP contribution >= 0.6 is 0 Å². The number of amides is 1. The minimum atomic E-state index is -0.143. The molecule has 8 nitrogen and oxygen atoms in total. The Labute approximate surface area is 193 Å². The molecule has 8 heteroatoms. The van der Waals surface area contributed by atoms with Gasteiger partial charge in [-0.2, -0.15) is 5.26 Å². The van der Waals surface area contributed by atoms with Gasteiger partial charge in [0.25, 0.3) is 5.91 Å². The first kappa shape index (κ1) is 22.7. The molecule has 172 valence electrons. The van der Waals surface area contributed by atoms with Crippen LogP contribution in [0.25, 0.3) is 16.9 Å². The van der Waals surface area contributed by atoms with Crippen molar-refractivity contribution in [2.45, 2.75) is 45.6 Å². The Morgan fingerprint density at radius 3 is 2.67 bits per heavy atom. The number of nitrogens with zero attached hydrogens (tertiary/aromatic N) is 4. The molecule has 0 saturated heterocycles. The summed E-state index contributed by atoms with van der Waals surface area (Å²) >= 11 is 0. The highest BCUT2D eigenvalue weighted by molar-refractivity contribution is 5.99. The van der Waals surface area contributed by atoms with E-state index in [0.717, 1.165) is 31.1 Å². The molecule has 1 amide bonds. The zero-order valence-electron chi connectivity index (χ0n) is 19.1. The van der Waals surface area contributed by atoms with Crippen molar-refractivity contribution in [3.8, 4) is 11.9 Å². The Kier molecular flexibility index (Phi) is 6.90. The normalized spacial score (nSPS) is 18.3. The Balaban J connectivity index is 1.54. The number of nitrogens with one attached hydrogen (secondary N) is 2. The monoisotopic (exact) mass is 446 g/mol. The van der Waals surface area contributed by atoms with Crippen LogP contribution < -0.4 is 10.6 Å². The van der Waals surface area contributed by atoms with Crippen LogP contribution in [0.15, 0.2) is 36.8 Å². The maximum absolute atomic E-state index is 13.0. The molecule has 0 unspecified atom stereocenters. The van der Waals surface area contributed by atoms with Gasteiger partial charge in [-0.1, -0.05) is 0 Å². The van der Waals surface area contributed by atoms with Gasteiger partial charge < -0.3 is 15.7 Å². The smallest absolute Gasteiger partial charge is 0.254 e. The average Bonchev–Trinajstić information content (AvgIpc) is 3.25. The number of carbonyl (C=O) groups is 1. The summed E-state index contributed by atoms with van der Waals surface area (Å²) in [6.07, 6.45) is 9.10. The first-order chi connectivity index (χ1) is 16.0. The summed E-state index contributed by atoms with van der Waals surface area (Å²) < 4.78 is 1.85. The Bertz CT molecular complexity index is 1170. The molecular formula is C25H30N6O2. The highest BCUT2D eigenvalue weighted by atomic mass is 16.3. The molecule has 0 aromatic carbocycles. The molecule has 3 heterocycles. The third kappa shape index (κ3) is 5.15. The Hall–Kier alpha value is -3.44. The number of nitriles is 1. The predicted molar refractivity (Wildman–Crippen MR) is 127 cm³/mol. The minimum Gasteiger partial charge on any atom is -0.396 e. The predicted octanol–water partition coefficient (Wildman–Crippen LogP) is 3.64. The van der Waals surface area contributed by atoms with Gasteiger partial charge in [-0.3, -0.25) is 9.36 Å². The second-order valence-electron chi connectivity index (χ2n) is 9.10. The number of carbonyl (C=O) groups excluding carboxylic acids is 1. The lowest BCUT2D eigenvalue weighted by Crippen LogP contribution is -2.32. The van der Waals surface area contributed by atoms with E-state index in [-0.39, 0.29) is 18.6 Å². The molecule has 0 aliphatic heterocycles. The summed E-state index contributed by atoms with van der Waals surface area (Å²) in [5, 5.41) is 25.7. The van der Waals surface area contributed by atoms with Crippen molar-refractivity contribution in [2.24, 2.45) is 11.8 Å². The summed E-state index contributed by atoms with van der Waals surface area (Å²) in [4.78, 5) is 22.0. The van der Waals surface area contributed by atoms with E-state index in [9.17, 15) is 9.90 Å². The lowest BCUT2D eigenvalue weighted by Gasteiger charge is -2.27. The van der Waals surface area contributed by atoms with E-state index in [2.05, 4.69) is 26.7 Å². The van der Waals surface area contributed by atoms with Crippen molar-refractivity contribution < 1.29 is 9.90 Å². The first-order valence-corrected chi connectivity index (χ1v) is 11.5. The number of hydrogen-bond donors (Lipinski definition) is 3. The molecule has 4 rings (SSSR count). The molecule has 3 aromatic rings. The van der Waals surface area contributed by atoms with Crippen molar-refractivity contribution in [1.29, 1.82) is 5.26 Å². The highest BCUT2D eigenvalue weighted by Crippen LogP contribution is 2.28. The highest BCUT2D eigenvalue weighted by Gasteiger charge is 2.22. The fourth-order valence-electron chi connectivity index (χ4n) is 4.41. The quantitative estimate of drug-likeness (QED) is 0.510. The largest absolute Gasteiger partial charge is 0.396 e. The molecule has 3 aromatic heterocycles. The maximum Gasteiger partial charge on any atom is 0.254 e. The zero-order valence-corrected chi connectivity index (χ0v) is 19.1. The molecule has 1 aliphatic rings. The van der Waals surface area contributed by atoms with Crippen LogP contribution in [0.1, 0.15) is 55.5 Å². The minimum absolute atomic E-state index is 0.137. The number of pyridine rings is 2. The van der Waals surface area contributed by atoms with Gasteiger partial charge in [0, 0.05) is 49.2 Å². The van der Waals surface area contributed by atoms with Crippen molar-refractivity contribution in [2.75, 3.05) is 18.5 Å². The van der Waals surface area contributed by atoms with E-state index < -0.39 is 0 Å². The van der Waals surface area contributed by atoms with E-state index in [1.54, 1.807) is 18.5 Å². The molecule has 33 heavy (non-hydrogen) atoms. The SMILES string of the molecule is CC(C)Nc1cc(-n2ccc3cc(C#N)cnc32)ncc1C(=O)NCC1CCC(CO)CC1. The molecule has 1 fully saturated rings. The second kappa shape index (κ2) is 10.0. The van der Waals surface area contributed by atoms with Crippen LogP contribution in [0.4, 0.5) is 5.69 Å². The van der Waals surface area contributed by atoms with Crippen LogP contribution in [0.5, 0.6) is 0 Å². The number of rotatable bonds is 7. The molecule has 3 N–H and O–H groups in total. The molecule has 0 bridgehead atoms. The van der Waals surface area contributed by atoms with E-state index >= 15 is 0 Å². The zero-order chi connectivity index (χ0) is 23.4. The third-order valence-electron chi connectivity index (χ3n) is 6.26. The summed E-state index contributed by atoms with van der Waals surface area (Å²) in [6.45, 7) is 4.94. The van der Waals surface area contributed by atoms with Gasteiger partial charge in [-0.05, 0) is 63.5 Å². The lowest BCUT2D eigenvalue weighted by molar-refractivity contribution is 0.0937. The Morgan fingerprint density at radius 1 is 1.21 bits per heavy atom. The number of anilines is 1. The van der Waals surface area contributed by atoms with Gasteiger partial charge in [0.05, 0.1) is 16.8 Å². The van der Waals surface area contributed by atoms with E-state index in [0.29, 0.717) is 46.7 Å². The first-order valence-electron chi connectivity index (χ1n) is 11.5. The van der Waals surface area contributed by atoms with Gasteiger partial charge in [0.15, 0.2) is 0 Å². The maximum atomic E-state index is 13.0. The summed E-state index contributed by atoms with van der Waals surface area (Å²) in [5.41, 5.74) is 2.43. The van der Waals surface area contributed by atoms with Crippen LogP contribution in [-0.4, -0.2) is 44.7 Å². The number of aromatic nitrogens is 3. The Morgan fingerprint density at radius 2 is 1.97 bits per heavy atom. The number of aliphatic hydroxyl groups excluding tert-OH is 1. The topological polar surface area (TPSA) is 116 Å². The van der Waals surface area contributed by atoms with Crippen molar-refractivity contribution >= 4 is 22.6 Å². The number of hydrogen-bond acceptors (Lipinski definition) is 6.